The van der Waals surface area contributed by atoms with Crippen LogP contribution in [0.15, 0.2) is 5.38 Å². The molecule has 1 aliphatic heterocycles. The van der Waals surface area contributed by atoms with E-state index in [1.54, 1.807) is 11.3 Å². The highest BCUT2D eigenvalue weighted by Crippen LogP contribution is 2.28. The molecule has 2 heterocycles. The molecule has 2 rings (SSSR count). The van der Waals surface area contributed by atoms with Crippen LogP contribution in [-0.4, -0.2) is 35.7 Å². The molecule has 1 aromatic heterocycles. The third kappa shape index (κ3) is 3.96. The zero-order valence-corrected chi connectivity index (χ0v) is 12.0. The number of carbonyl (C=O) groups is 1. The highest BCUT2D eigenvalue weighted by molar-refractivity contribution is 7.99. The Labute approximate surface area is 115 Å². The van der Waals surface area contributed by atoms with Crippen LogP contribution in [0.2, 0.25) is 0 Å². The van der Waals surface area contributed by atoms with Gasteiger partial charge in [0.2, 0.25) is 0 Å². The second-order valence-electron chi connectivity index (χ2n) is 3.92. The first-order valence-electron chi connectivity index (χ1n) is 6.09. The lowest BCUT2D eigenvalue weighted by Crippen LogP contribution is -2.15. The van der Waals surface area contributed by atoms with E-state index in [1.165, 1.54) is 0 Å². The molecule has 0 saturated carbocycles. The summed E-state index contributed by atoms with van der Waals surface area (Å²) in [6.07, 6.45) is 1.18. The number of ether oxygens (including phenoxy) is 2. The lowest BCUT2D eigenvalue weighted by atomic mass is 10.2. The Morgan fingerprint density at radius 1 is 1.67 bits per heavy atom. The van der Waals surface area contributed by atoms with E-state index >= 15 is 0 Å². The van der Waals surface area contributed by atoms with Crippen molar-refractivity contribution >= 4 is 29.1 Å². The van der Waals surface area contributed by atoms with E-state index in [0.717, 1.165) is 28.8 Å². The van der Waals surface area contributed by atoms with Gasteiger partial charge in [0.15, 0.2) is 0 Å². The van der Waals surface area contributed by atoms with Crippen molar-refractivity contribution in [1.82, 2.24) is 4.98 Å². The van der Waals surface area contributed by atoms with E-state index in [4.69, 9.17) is 9.47 Å². The molecule has 0 aromatic carbocycles. The van der Waals surface area contributed by atoms with Gasteiger partial charge in [-0.15, -0.1) is 11.3 Å². The van der Waals surface area contributed by atoms with Crippen molar-refractivity contribution < 1.29 is 14.3 Å². The molecule has 0 bridgehead atoms. The molecular weight excluding hydrogens is 270 g/mol. The highest BCUT2D eigenvalue weighted by atomic mass is 32.2. The number of carbonyl (C=O) groups excluding carboxylic acids is 1. The Kier molecular flexibility index (Phi) is 5.46. The first-order chi connectivity index (χ1) is 8.79. The summed E-state index contributed by atoms with van der Waals surface area (Å²) in [6.45, 7) is 3.05. The van der Waals surface area contributed by atoms with Crippen LogP contribution >= 0.6 is 23.1 Å². The Morgan fingerprint density at radius 3 is 3.28 bits per heavy atom. The Bertz CT molecular complexity index is 388. The van der Waals surface area contributed by atoms with Gasteiger partial charge in [-0.05, 0) is 6.92 Å². The topological polar surface area (TPSA) is 48.4 Å². The number of aryl methyl sites for hydroxylation is 1. The van der Waals surface area contributed by atoms with Gasteiger partial charge in [-0.3, -0.25) is 4.79 Å². The van der Waals surface area contributed by atoms with Crippen LogP contribution in [0.4, 0.5) is 0 Å². The molecule has 0 aliphatic carbocycles. The number of hydrogen-bond acceptors (Lipinski definition) is 6. The van der Waals surface area contributed by atoms with Gasteiger partial charge < -0.3 is 9.47 Å². The second kappa shape index (κ2) is 7.11. The van der Waals surface area contributed by atoms with Crippen molar-refractivity contribution in [1.29, 1.82) is 0 Å². The highest BCUT2D eigenvalue weighted by Gasteiger charge is 2.19. The number of aromatic nitrogens is 1. The van der Waals surface area contributed by atoms with Gasteiger partial charge in [-0.2, -0.15) is 11.8 Å². The van der Waals surface area contributed by atoms with E-state index in [2.05, 4.69) is 4.98 Å². The normalized spacial score (nSPS) is 19.7. The van der Waals surface area contributed by atoms with Crippen LogP contribution in [0.1, 0.15) is 30.2 Å². The van der Waals surface area contributed by atoms with Crippen LogP contribution in [-0.2, 0) is 20.7 Å². The summed E-state index contributed by atoms with van der Waals surface area (Å²) in [5.74, 6) is 1.89. The predicted octanol–water partition coefficient (Wildman–Crippen LogP) is 2.44. The van der Waals surface area contributed by atoms with Gasteiger partial charge in [0.1, 0.15) is 11.1 Å². The second-order valence-corrected chi connectivity index (χ2v) is 5.96. The van der Waals surface area contributed by atoms with Gasteiger partial charge in [-0.25, -0.2) is 4.98 Å². The van der Waals surface area contributed by atoms with Gasteiger partial charge in [-0.1, -0.05) is 0 Å². The third-order valence-corrected chi connectivity index (χ3v) is 4.53. The quantitative estimate of drug-likeness (QED) is 0.779. The average molecular weight is 287 g/mol. The number of nitrogens with zero attached hydrogens (tertiary/aromatic N) is 1. The van der Waals surface area contributed by atoms with Crippen molar-refractivity contribution in [3.63, 3.8) is 0 Å². The van der Waals surface area contributed by atoms with Crippen LogP contribution in [0.3, 0.4) is 0 Å². The van der Waals surface area contributed by atoms with E-state index in [-0.39, 0.29) is 12.1 Å². The van der Waals surface area contributed by atoms with E-state index in [1.807, 2.05) is 24.1 Å². The molecule has 18 heavy (non-hydrogen) atoms. The molecule has 0 amide bonds. The molecule has 6 heteroatoms. The molecule has 1 saturated heterocycles. The molecule has 1 atom stereocenters. The molecule has 0 spiro atoms. The average Bonchev–Trinajstić information content (AvgIpc) is 2.87. The molecule has 1 unspecified atom stereocenters. The van der Waals surface area contributed by atoms with Crippen molar-refractivity contribution in [2.75, 3.05) is 24.7 Å². The van der Waals surface area contributed by atoms with Gasteiger partial charge >= 0.3 is 5.97 Å². The number of esters is 1. The van der Waals surface area contributed by atoms with Crippen molar-refractivity contribution in [2.45, 2.75) is 25.9 Å². The fraction of sp³-hybridized carbons (Fsp3) is 0.667. The summed E-state index contributed by atoms with van der Waals surface area (Å²) in [5, 5.41) is 3.04. The summed E-state index contributed by atoms with van der Waals surface area (Å²) in [4.78, 5) is 15.8. The molecule has 1 aromatic rings. The fourth-order valence-electron chi connectivity index (χ4n) is 1.68. The van der Waals surface area contributed by atoms with Crippen LogP contribution in [0.25, 0.3) is 0 Å². The Balaban J connectivity index is 1.83. The molecule has 4 nitrogen and oxygen atoms in total. The summed E-state index contributed by atoms with van der Waals surface area (Å²) in [5.41, 5.74) is 0.960. The Hall–Kier alpha value is -0.590. The van der Waals surface area contributed by atoms with Crippen LogP contribution in [0.5, 0.6) is 0 Å². The standard InChI is InChI=1S/C12H17NO3S2/c1-2-15-11(14)4-3-9-7-18-12(13-9)10-8-17-6-5-16-10/h7,10H,2-6,8H2,1H3. The monoisotopic (exact) mass is 287 g/mol. The number of thiazole rings is 1. The smallest absolute Gasteiger partial charge is 0.306 e. The summed E-state index contributed by atoms with van der Waals surface area (Å²) >= 11 is 3.52. The largest absolute Gasteiger partial charge is 0.466 e. The third-order valence-electron chi connectivity index (χ3n) is 2.55. The van der Waals surface area contributed by atoms with E-state index < -0.39 is 0 Å². The lowest BCUT2D eigenvalue weighted by molar-refractivity contribution is -0.143. The maximum Gasteiger partial charge on any atom is 0.306 e. The Morgan fingerprint density at radius 2 is 2.56 bits per heavy atom. The van der Waals surface area contributed by atoms with Gasteiger partial charge in [0, 0.05) is 23.3 Å². The van der Waals surface area contributed by atoms with Crippen molar-refractivity contribution in [2.24, 2.45) is 0 Å². The molecule has 0 N–H and O–H groups in total. The van der Waals surface area contributed by atoms with E-state index in [0.29, 0.717) is 19.4 Å². The molecule has 1 aliphatic rings. The van der Waals surface area contributed by atoms with Gasteiger partial charge in [0.05, 0.1) is 25.3 Å². The van der Waals surface area contributed by atoms with E-state index in [9.17, 15) is 4.79 Å². The first-order valence-corrected chi connectivity index (χ1v) is 8.12. The minimum atomic E-state index is -0.156. The molecule has 1 fully saturated rings. The molecular formula is C12H17NO3S2. The number of hydrogen-bond donors (Lipinski definition) is 0. The molecule has 100 valence electrons. The van der Waals surface area contributed by atoms with Crippen molar-refractivity contribution in [3.05, 3.63) is 16.1 Å². The first kappa shape index (κ1) is 13.8. The maximum atomic E-state index is 11.3. The molecule has 0 radical (unpaired) electrons. The summed E-state index contributed by atoms with van der Waals surface area (Å²) in [7, 11) is 0. The zero-order chi connectivity index (χ0) is 12.8. The predicted molar refractivity (Wildman–Crippen MR) is 73.1 cm³/mol. The maximum absolute atomic E-state index is 11.3. The minimum absolute atomic E-state index is 0.130. The van der Waals surface area contributed by atoms with Crippen LogP contribution in [0, 0.1) is 0 Å². The fourth-order valence-corrected chi connectivity index (χ4v) is 3.53. The van der Waals surface area contributed by atoms with Crippen molar-refractivity contribution in [3.8, 4) is 0 Å². The van der Waals surface area contributed by atoms with Gasteiger partial charge in [0.25, 0.3) is 0 Å². The van der Waals surface area contributed by atoms with Crippen LogP contribution < -0.4 is 0 Å². The zero-order valence-electron chi connectivity index (χ0n) is 10.4. The summed E-state index contributed by atoms with van der Waals surface area (Å²) in [6, 6.07) is 0. The number of rotatable bonds is 5. The lowest BCUT2D eigenvalue weighted by Gasteiger charge is -2.19. The number of thioether (sulfide) groups is 1. The SMILES string of the molecule is CCOC(=O)CCc1csc(C2CSCCO2)n1. The summed E-state index contributed by atoms with van der Waals surface area (Å²) < 4.78 is 10.6. The minimum Gasteiger partial charge on any atom is -0.466 e.